The monoisotopic (exact) mass is 425 g/mol. The molecule has 0 bridgehead atoms. The lowest BCUT2D eigenvalue weighted by Gasteiger charge is -2.40. The lowest BCUT2D eigenvalue weighted by Crippen LogP contribution is -2.43. The largest absolute Gasteiger partial charge is 0.396 e. The summed E-state index contributed by atoms with van der Waals surface area (Å²) in [5.74, 6) is -0.941. The molecule has 6 nitrogen and oxygen atoms in total. The van der Waals surface area contributed by atoms with Gasteiger partial charge in [0.05, 0.1) is 22.2 Å². The molecule has 2 heterocycles. The lowest BCUT2D eigenvalue weighted by atomic mass is 9.83. The van der Waals surface area contributed by atoms with Gasteiger partial charge < -0.3 is 10.0 Å². The zero-order valence-electron chi connectivity index (χ0n) is 17.1. The van der Waals surface area contributed by atoms with E-state index in [9.17, 15) is 23.5 Å². The number of fused-ring (bicyclic) bond motifs is 1. The minimum Gasteiger partial charge on any atom is -0.396 e. The van der Waals surface area contributed by atoms with E-state index in [0.29, 0.717) is 37.9 Å². The van der Waals surface area contributed by atoms with Crippen LogP contribution < -0.4 is 16.1 Å². The van der Waals surface area contributed by atoms with Gasteiger partial charge in [-0.1, -0.05) is 13.3 Å². The molecule has 2 atom stereocenters. The number of aromatic nitrogens is 2. The Morgan fingerprint density at radius 2 is 1.90 bits per heavy atom. The number of nitrogens with zero attached hydrogens (tertiary/aromatic N) is 2. The average molecular weight is 425 g/mol. The number of piperidine rings is 1. The van der Waals surface area contributed by atoms with Crippen molar-refractivity contribution >= 4 is 16.6 Å². The second-order valence-corrected chi connectivity index (χ2v) is 8.43. The highest BCUT2D eigenvalue weighted by atomic mass is 19.3. The Morgan fingerprint density at radius 3 is 2.47 bits per heavy atom. The van der Waals surface area contributed by atoms with E-state index in [0.717, 1.165) is 6.42 Å². The van der Waals surface area contributed by atoms with E-state index in [-0.39, 0.29) is 35.7 Å². The van der Waals surface area contributed by atoms with Gasteiger partial charge in [0.25, 0.3) is 12.0 Å². The number of halogens is 3. The van der Waals surface area contributed by atoms with E-state index in [1.54, 1.807) is 11.8 Å². The summed E-state index contributed by atoms with van der Waals surface area (Å²) in [5, 5.41) is 9.33. The number of aryl methyl sites for hydroxylation is 1. The quantitative estimate of drug-likeness (QED) is 0.771. The highest BCUT2D eigenvalue weighted by molar-refractivity contribution is 5.90. The second kappa shape index (κ2) is 7.76. The predicted octanol–water partition coefficient (Wildman–Crippen LogP) is 3.25. The van der Waals surface area contributed by atoms with Crippen LogP contribution in [0.15, 0.2) is 9.59 Å². The molecule has 9 heteroatoms. The third-order valence-electron chi connectivity index (χ3n) is 6.66. The van der Waals surface area contributed by atoms with E-state index in [4.69, 9.17) is 0 Å². The SMILES string of the molecule is CCC1CCN(c2c(F)c(C(F)F)c3c(=O)[nH]c(=O)n(C4CC4)c3c2C)CC1CO. The molecule has 2 fully saturated rings. The number of aromatic amines is 1. The summed E-state index contributed by atoms with van der Waals surface area (Å²) in [6.45, 7) is 4.32. The maximum atomic E-state index is 15.5. The molecule has 0 amide bonds. The van der Waals surface area contributed by atoms with Crippen LogP contribution in [0.25, 0.3) is 10.9 Å². The van der Waals surface area contributed by atoms with Crippen LogP contribution in [0.4, 0.5) is 18.9 Å². The van der Waals surface area contributed by atoms with Crippen LogP contribution >= 0.6 is 0 Å². The Morgan fingerprint density at radius 1 is 1.20 bits per heavy atom. The zero-order chi connectivity index (χ0) is 21.7. The number of hydrogen-bond donors (Lipinski definition) is 2. The summed E-state index contributed by atoms with van der Waals surface area (Å²) >= 11 is 0. The Bertz CT molecular complexity index is 1090. The molecule has 30 heavy (non-hydrogen) atoms. The van der Waals surface area contributed by atoms with E-state index in [1.165, 1.54) is 4.57 Å². The molecule has 2 N–H and O–H groups in total. The highest BCUT2D eigenvalue weighted by Gasteiger charge is 2.36. The highest BCUT2D eigenvalue weighted by Crippen LogP contribution is 2.43. The van der Waals surface area contributed by atoms with Gasteiger partial charge in [0.2, 0.25) is 0 Å². The van der Waals surface area contributed by atoms with E-state index in [2.05, 4.69) is 4.98 Å². The maximum absolute atomic E-state index is 15.5. The average Bonchev–Trinajstić information content (AvgIpc) is 3.53. The molecule has 0 spiro atoms. The Labute approximate surface area is 171 Å². The molecule has 164 valence electrons. The molecule has 1 saturated heterocycles. The van der Waals surface area contributed by atoms with Crippen molar-refractivity contribution in [3.63, 3.8) is 0 Å². The Kier molecular flexibility index (Phi) is 5.42. The fourth-order valence-electron chi connectivity index (χ4n) is 4.97. The number of alkyl halides is 2. The molecular weight excluding hydrogens is 399 g/mol. The summed E-state index contributed by atoms with van der Waals surface area (Å²) in [6, 6.07) is -0.185. The minimum absolute atomic E-state index is 0.00482. The van der Waals surface area contributed by atoms with Crippen LogP contribution in [0.2, 0.25) is 0 Å². The van der Waals surface area contributed by atoms with Crippen LogP contribution in [0.1, 0.15) is 56.2 Å². The predicted molar refractivity (Wildman–Crippen MR) is 108 cm³/mol. The fourth-order valence-corrected chi connectivity index (χ4v) is 4.97. The van der Waals surface area contributed by atoms with Crippen molar-refractivity contribution < 1.29 is 18.3 Å². The first kappa shape index (κ1) is 21.0. The van der Waals surface area contributed by atoms with Crippen molar-refractivity contribution in [3.8, 4) is 0 Å². The summed E-state index contributed by atoms with van der Waals surface area (Å²) < 4.78 is 44.8. The van der Waals surface area contributed by atoms with Crippen molar-refractivity contribution in [1.29, 1.82) is 0 Å². The van der Waals surface area contributed by atoms with E-state index >= 15 is 4.39 Å². The second-order valence-electron chi connectivity index (χ2n) is 8.43. The molecule has 1 aromatic heterocycles. The van der Waals surface area contributed by atoms with Crippen LogP contribution in [0.3, 0.4) is 0 Å². The molecule has 2 unspecified atom stereocenters. The summed E-state index contributed by atoms with van der Waals surface area (Å²) in [6.07, 6.45) is -0.234. The van der Waals surface area contributed by atoms with Crippen molar-refractivity contribution in [3.05, 3.63) is 37.8 Å². The summed E-state index contributed by atoms with van der Waals surface area (Å²) in [5.41, 5.74) is -2.20. The van der Waals surface area contributed by atoms with E-state index in [1.807, 2.05) is 6.92 Å². The van der Waals surface area contributed by atoms with E-state index < -0.39 is 34.4 Å². The fraction of sp³-hybridized carbons (Fsp3) is 0.619. The van der Waals surface area contributed by atoms with Gasteiger partial charge in [0.1, 0.15) is 0 Å². The number of hydrogen-bond acceptors (Lipinski definition) is 4. The topological polar surface area (TPSA) is 78.3 Å². The first-order chi connectivity index (χ1) is 14.3. The van der Waals surface area contributed by atoms with Gasteiger partial charge in [-0.2, -0.15) is 0 Å². The molecule has 4 rings (SSSR count). The van der Waals surface area contributed by atoms with Gasteiger partial charge in [-0.15, -0.1) is 0 Å². The van der Waals surface area contributed by atoms with Gasteiger partial charge in [0.15, 0.2) is 5.82 Å². The van der Waals surface area contributed by atoms with Crippen LogP contribution in [-0.4, -0.2) is 34.4 Å². The number of benzene rings is 1. The summed E-state index contributed by atoms with van der Waals surface area (Å²) in [4.78, 5) is 28.8. The van der Waals surface area contributed by atoms with Gasteiger partial charge in [-0.3, -0.25) is 14.3 Å². The third kappa shape index (κ3) is 3.23. The number of aliphatic hydroxyl groups is 1. The minimum atomic E-state index is -3.21. The van der Waals surface area contributed by atoms with Crippen LogP contribution in [0.5, 0.6) is 0 Å². The zero-order valence-corrected chi connectivity index (χ0v) is 17.1. The van der Waals surface area contributed by atoms with Gasteiger partial charge >= 0.3 is 5.69 Å². The smallest absolute Gasteiger partial charge is 0.329 e. The first-order valence-electron chi connectivity index (χ1n) is 10.4. The standard InChI is InChI=1S/C21H26F3N3O3/c1-3-11-6-7-26(8-12(11)9-28)18-10(2)17-15(14(16(18)22)19(23)24)20(29)25-21(30)27(17)13-4-5-13/h11-13,19,28H,3-9H2,1-2H3,(H,25,29,30). The Hall–Kier alpha value is -2.29. The number of H-pyrrole nitrogens is 1. The number of aliphatic hydroxyl groups excluding tert-OH is 1. The Balaban J connectivity index is 2.01. The van der Waals surface area contributed by atoms with Gasteiger partial charge in [-0.25, -0.2) is 18.0 Å². The normalized spacial score (nSPS) is 22.3. The molecule has 2 aliphatic rings. The number of anilines is 1. The van der Waals surface area contributed by atoms with Gasteiger partial charge in [0, 0.05) is 37.2 Å². The summed E-state index contributed by atoms with van der Waals surface area (Å²) in [7, 11) is 0. The molecule has 1 aromatic carbocycles. The third-order valence-corrected chi connectivity index (χ3v) is 6.66. The molecule has 1 saturated carbocycles. The van der Waals surface area contributed by atoms with Crippen molar-refractivity contribution in [1.82, 2.24) is 9.55 Å². The maximum Gasteiger partial charge on any atom is 0.329 e. The number of rotatable bonds is 5. The lowest BCUT2D eigenvalue weighted by molar-refractivity contribution is 0.146. The number of nitrogens with one attached hydrogen (secondary N) is 1. The first-order valence-corrected chi connectivity index (χ1v) is 10.4. The van der Waals surface area contributed by atoms with Crippen LogP contribution in [0, 0.1) is 24.6 Å². The molecule has 1 aliphatic carbocycles. The van der Waals surface area contributed by atoms with Crippen molar-refractivity contribution in [2.24, 2.45) is 11.8 Å². The van der Waals surface area contributed by atoms with Crippen LogP contribution in [-0.2, 0) is 0 Å². The molecular formula is C21H26F3N3O3. The van der Waals surface area contributed by atoms with Crippen molar-refractivity contribution in [2.45, 2.75) is 52.0 Å². The molecule has 0 radical (unpaired) electrons. The van der Waals surface area contributed by atoms with Gasteiger partial charge in [-0.05, 0) is 32.1 Å². The molecule has 2 aromatic rings. The van der Waals surface area contributed by atoms with Crippen molar-refractivity contribution in [2.75, 3.05) is 24.6 Å². The molecule has 1 aliphatic heterocycles.